The molecule has 6 unspecified atom stereocenters. The van der Waals surface area contributed by atoms with Crippen LogP contribution >= 0.6 is 29.4 Å². The van der Waals surface area contributed by atoms with E-state index in [0.29, 0.717) is 5.78 Å². The van der Waals surface area contributed by atoms with Crippen LogP contribution in [0, 0.1) is 23.7 Å². The number of rotatable bonds is 6. The summed E-state index contributed by atoms with van der Waals surface area (Å²) in [6, 6.07) is 0. The molecule has 0 radical (unpaired) electrons. The number of carbonyl (C=O) groups excluding carboxylic acids is 2. The number of hydrogen-bond donors (Lipinski definition) is 1. The molecule has 0 aliphatic heterocycles. The van der Waals surface area contributed by atoms with Crippen LogP contribution in [-0.2, 0) is 23.2 Å². The Morgan fingerprint density at radius 3 is 2.36 bits per heavy atom. The van der Waals surface area contributed by atoms with E-state index in [2.05, 4.69) is 4.52 Å². The molecule has 3 rings (SSSR count). The summed E-state index contributed by atoms with van der Waals surface area (Å²) in [5.74, 6) is 0.191. The number of Topliss-reactive ketones (excluding diaryl/α,β-unsaturated/α-hetero) is 2. The second kappa shape index (κ2) is 8.44. The van der Waals surface area contributed by atoms with Crippen molar-refractivity contribution in [2.75, 3.05) is 13.0 Å². The van der Waals surface area contributed by atoms with Crippen LogP contribution < -0.4 is 0 Å². The van der Waals surface area contributed by atoms with Crippen molar-refractivity contribution in [1.82, 2.24) is 0 Å². The fourth-order valence-corrected chi connectivity index (χ4v) is 8.03. The first-order valence-electron chi connectivity index (χ1n) is 8.83. The molecule has 0 spiro atoms. The van der Waals surface area contributed by atoms with E-state index in [0.717, 1.165) is 52.1 Å². The van der Waals surface area contributed by atoms with Crippen LogP contribution in [-0.4, -0.2) is 34.8 Å². The second-order valence-corrected chi connectivity index (χ2v) is 11.1. The van der Waals surface area contributed by atoms with Crippen LogP contribution in [0.25, 0.3) is 0 Å². The van der Waals surface area contributed by atoms with E-state index in [1.54, 1.807) is 0 Å². The van der Waals surface area contributed by atoms with Crippen LogP contribution in [0.5, 0.6) is 0 Å². The molecular weight excluding hydrogens is 383 g/mol. The van der Waals surface area contributed by atoms with Gasteiger partial charge in [-0.25, -0.2) is 4.57 Å². The standard InChI is InChI=1S/C16H25O6PS2/c1-21-23(19,20)22-9-24-25-13-8-4-7-12-14(13)16(18)11-6-3-2-5-10(11)15(12)17/h10-14H,2-9H2,1H3,(H,19,20). The third kappa shape index (κ3) is 4.36. The summed E-state index contributed by atoms with van der Waals surface area (Å²) in [5, 5.41) is 0.0762. The maximum absolute atomic E-state index is 13.1. The van der Waals surface area contributed by atoms with Crippen molar-refractivity contribution in [2.24, 2.45) is 23.7 Å². The monoisotopic (exact) mass is 408 g/mol. The number of carbonyl (C=O) groups is 2. The number of hydrogen-bond acceptors (Lipinski definition) is 7. The van der Waals surface area contributed by atoms with E-state index in [4.69, 9.17) is 4.52 Å². The summed E-state index contributed by atoms with van der Waals surface area (Å²) >= 11 is 0. The molecule has 3 aliphatic rings. The lowest BCUT2D eigenvalue weighted by Crippen LogP contribution is -2.53. The van der Waals surface area contributed by atoms with Gasteiger partial charge in [-0.05, 0) is 25.7 Å². The molecule has 0 amide bonds. The Kier molecular flexibility index (Phi) is 6.72. The Morgan fingerprint density at radius 1 is 1.04 bits per heavy atom. The largest absolute Gasteiger partial charge is 0.472 e. The van der Waals surface area contributed by atoms with E-state index < -0.39 is 7.82 Å². The number of fused-ring (bicyclic) bond motifs is 2. The van der Waals surface area contributed by atoms with Gasteiger partial charge in [0.15, 0.2) is 0 Å². The predicted molar refractivity (Wildman–Crippen MR) is 98.0 cm³/mol. The highest BCUT2D eigenvalue weighted by Crippen LogP contribution is 2.51. The van der Waals surface area contributed by atoms with Crippen molar-refractivity contribution < 1.29 is 28.1 Å². The minimum Gasteiger partial charge on any atom is -0.302 e. The molecule has 6 atom stereocenters. The molecule has 0 saturated heterocycles. The van der Waals surface area contributed by atoms with Gasteiger partial charge in [-0.2, -0.15) is 0 Å². The Balaban J connectivity index is 1.62. The first-order valence-corrected chi connectivity index (χ1v) is 12.7. The lowest BCUT2D eigenvalue weighted by molar-refractivity contribution is -0.150. The fraction of sp³-hybridized carbons (Fsp3) is 0.875. The van der Waals surface area contributed by atoms with Gasteiger partial charge < -0.3 is 4.89 Å². The molecule has 3 aliphatic carbocycles. The molecule has 6 nitrogen and oxygen atoms in total. The summed E-state index contributed by atoms with van der Waals surface area (Å²) in [5.41, 5.74) is 0. The van der Waals surface area contributed by atoms with Gasteiger partial charge in [0.05, 0.1) is 0 Å². The van der Waals surface area contributed by atoms with E-state index in [1.807, 2.05) is 0 Å². The molecular formula is C16H25O6PS2. The topological polar surface area (TPSA) is 89.9 Å². The van der Waals surface area contributed by atoms with E-state index in [-0.39, 0.29) is 40.6 Å². The molecule has 1 N–H and O–H groups in total. The molecule has 25 heavy (non-hydrogen) atoms. The van der Waals surface area contributed by atoms with Crippen molar-refractivity contribution in [3.63, 3.8) is 0 Å². The lowest BCUT2D eigenvalue weighted by Gasteiger charge is -2.46. The normalized spacial score (nSPS) is 37.9. The average Bonchev–Trinajstić information content (AvgIpc) is 2.63. The number of ketones is 2. The van der Waals surface area contributed by atoms with Gasteiger partial charge in [-0.3, -0.25) is 18.6 Å². The molecule has 142 valence electrons. The molecule has 0 bridgehead atoms. The Bertz CT molecular complexity index is 571. The van der Waals surface area contributed by atoms with Gasteiger partial charge in [0.2, 0.25) is 0 Å². The van der Waals surface area contributed by atoms with Crippen molar-refractivity contribution in [2.45, 2.75) is 50.2 Å². The Hall–Kier alpha value is 0.150. The quantitative estimate of drug-likeness (QED) is 0.307. The minimum absolute atomic E-state index is 0.00830. The highest BCUT2D eigenvalue weighted by atomic mass is 33.1. The SMILES string of the molecule is COP(=O)(O)OCSSC1CCCC2C(=O)C3CCCCC3C(=O)C12. The molecule has 9 heteroatoms. The van der Waals surface area contributed by atoms with E-state index >= 15 is 0 Å². The predicted octanol–water partition coefficient (Wildman–Crippen LogP) is 3.83. The maximum atomic E-state index is 13.1. The Labute approximate surface area is 156 Å². The van der Waals surface area contributed by atoms with Gasteiger partial charge in [0.25, 0.3) is 0 Å². The zero-order valence-corrected chi connectivity index (χ0v) is 16.8. The third-order valence-electron chi connectivity index (χ3n) is 5.71. The molecule has 0 aromatic carbocycles. The summed E-state index contributed by atoms with van der Waals surface area (Å²) < 4.78 is 20.5. The number of phosphoric acid groups is 1. The van der Waals surface area contributed by atoms with Gasteiger partial charge >= 0.3 is 7.82 Å². The van der Waals surface area contributed by atoms with Crippen molar-refractivity contribution in [3.8, 4) is 0 Å². The maximum Gasteiger partial charge on any atom is 0.472 e. The molecule has 3 fully saturated rings. The van der Waals surface area contributed by atoms with Gasteiger partial charge in [0.1, 0.15) is 17.5 Å². The molecule has 0 aromatic rings. The van der Waals surface area contributed by atoms with Crippen LogP contribution in [0.4, 0.5) is 0 Å². The highest BCUT2D eigenvalue weighted by molar-refractivity contribution is 8.76. The third-order valence-corrected chi connectivity index (χ3v) is 9.37. The van der Waals surface area contributed by atoms with E-state index in [1.165, 1.54) is 21.6 Å². The van der Waals surface area contributed by atoms with E-state index in [9.17, 15) is 19.0 Å². The highest BCUT2D eigenvalue weighted by Gasteiger charge is 2.53. The van der Waals surface area contributed by atoms with Crippen LogP contribution in [0.15, 0.2) is 0 Å². The van der Waals surface area contributed by atoms with Crippen LogP contribution in [0.2, 0.25) is 0 Å². The first-order chi connectivity index (χ1) is 11.9. The lowest BCUT2D eigenvalue weighted by atomic mass is 9.58. The zero-order valence-electron chi connectivity index (χ0n) is 14.3. The van der Waals surface area contributed by atoms with Gasteiger partial charge in [-0.1, -0.05) is 40.9 Å². The minimum atomic E-state index is -3.97. The summed E-state index contributed by atoms with van der Waals surface area (Å²) in [7, 11) is -0.0274. The van der Waals surface area contributed by atoms with Crippen molar-refractivity contribution in [1.29, 1.82) is 0 Å². The van der Waals surface area contributed by atoms with Gasteiger partial charge in [0, 0.05) is 36.0 Å². The molecule has 3 saturated carbocycles. The zero-order chi connectivity index (χ0) is 18.0. The van der Waals surface area contributed by atoms with Crippen molar-refractivity contribution >= 4 is 41.0 Å². The first kappa shape index (κ1) is 19.9. The summed E-state index contributed by atoms with van der Waals surface area (Å²) in [4.78, 5) is 35.2. The summed E-state index contributed by atoms with van der Waals surface area (Å²) in [6.45, 7) is 0. The molecule has 0 heterocycles. The summed E-state index contributed by atoms with van der Waals surface area (Å²) in [6.07, 6.45) is 6.51. The fourth-order valence-electron chi connectivity index (χ4n) is 4.56. The number of phosphoric ester groups is 1. The van der Waals surface area contributed by atoms with Gasteiger partial charge in [-0.15, -0.1) is 0 Å². The van der Waals surface area contributed by atoms with Crippen molar-refractivity contribution in [3.05, 3.63) is 0 Å². The van der Waals surface area contributed by atoms with Crippen LogP contribution in [0.1, 0.15) is 44.9 Å². The Morgan fingerprint density at radius 2 is 1.68 bits per heavy atom. The average molecular weight is 408 g/mol. The van der Waals surface area contributed by atoms with Crippen LogP contribution in [0.3, 0.4) is 0 Å². The molecule has 0 aromatic heterocycles. The smallest absolute Gasteiger partial charge is 0.302 e. The second-order valence-electron chi connectivity index (χ2n) is 7.02.